The molecule has 2 rings (SSSR count). The third kappa shape index (κ3) is 2.70. The highest BCUT2D eigenvalue weighted by Crippen LogP contribution is 2.27. The second-order valence-corrected chi connectivity index (χ2v) is 5.13. The summed E-state index contributed by atoms with van der Waals surface area (Å²) in [5.41, 5.74) is 3.92. The fraction of sp³-hybridized carbons (Fsp3) is 0.778. The minimum absolute atomic E-state index is 0.330. The predicted octanol–water partition coefficient (Wildman–Crippen LogP) is -0.0574. The Morgan fingerprint density at radius 1 is 1.80 bits per heavy atom. The number of rotatable bonds is 4. The third-order valence-corrected chi connectivity index (χ3v) is 4.02. The Morgan fingerprint density at radius 2 is 2.67 bits per heavy atom. The first-order chi connectivity index (χ1) is 7.29. The number of hydrazine groups is 1. The first kappa shape index (κ1) is 10.9. The van der Waals surface area contributed by atoms with Gasteiger partial charge in [-0.25, -0.2) is 0 Å². The van der Waals surface area contributed by atoms with Crippen LogP contribution in [0.4, 0.5) is 0 Å². The highest BCUT2D eigenvalue weighted by Gasteiger charge is 2.25. The van der Waals surface area contributed by atoms with Gasteiger partial charge in [0.2, 0.25) is 0 Å². The van der Waals surface area contributed by atoms with Crippen LogP contribution < -0.4 is 11.3 Å². The van der Waals surface area contributed by atoms with E-state index >= 15 is 0 Å². The quantitative estimate of drug-likeness (QED) is 0.557. The summed E-state index contributed by atoms with van der Waals surface area (Å²) in [7, 11) is 1.88. The van der Waals surface area contributed by atoms with Gasteiger partial charge in [-0.3, -0.25) is 16.0 Å². The number of aromatic nitrogens is 3. The Balaban J connectivity index is 1.95. The van der Waals surface area contributed by atoms with E-state index < -0.39 is 0 Å². The van der Waals surface area contributed by atoms with E-state index in [1.807, 2.05) is 25.0 Å². The van der Waals surface area contributed by atoms with Gasteiger partial charge >= 0.3 is 0 Å². The number of aryl methyl sites for hydroxylation is 1. The van der Waals surface area contributed by atoms with Crippen LogP contribution in [0.5, 0.6) is 0 Å². The zero-order valence-corrected chi connectivity index (χ0v) is 9.70. The highest BCUT2D eigenvalue weighted by atomic mass is 32.2. The molecule has 3 N–H and O–H groups in total. The monoisotopic (exact) mass is 227 g/mol. The molecule has 0 radical (unpaired) electrons. The molecule has 1 aromatic rings. The Kier molecular flexibility index (Phi) is 3.61. The number of hydrogen-bond donors (Lipinski definition) is 2. The van der Waals surface area contributed by atoms with Gasteiger partial charge in [-0.05, 0) is 23.8 Å². The van der Waals surface area contributed by atoms with Crippen molar-refractivity contribution in [3.8, 4) is 0 Å². The van der Waals surface area contributed by atoms with Crippen LogP contribution in [0.15, 0.2) is 6.20 Å². The molecular weight excluding hydrogens is 210 g/mol. The molecule has 15 heavy (non-hydrogen) atoms. The van der Waals surface area contributed by atoms with Crippen molar-refractivity contribution in [2.45, 2.75) is 18.9 Å². The third-order valence-electron chi connectivity index (χ3n) is 2.83. The fourth-order valence-electron chi connectivity index (χ4n) is 1.95. The first-order valence-electron chi connectivity index (χ1n) is 5.18. The van der Waals surface area contributed by atoms with Crippen LogP contribution in [0.25, 0.3) is 0 Å². The predicted molar refractivity (Wildman–Crippen MR) is 61.3 cm³/mol. The molecule has 1 aromatic heterocycles. The molecule has 0 aliphatic carbocycles. The summed E-state index contributed by atoms with van der Waals surface area (Å²) < 4.78 is 1.73. The van der Waals surface area contributed by atoms with E-state index in [1.165, 1.54) is 17.9 Å². The molecule has 0 saturated carbocycles. The maximum Gasteiger partial charge on any atom is 0.0843 e. The molecule has 2 unspecified atom stereocenters. The number of thioether (sulfide) groups is 1. The second kappa shape index (κ2) is 4.96. The Hall–Kier alpha value is -0.590. The van der Waals surface area contributed by atoms with E-state index in [2.05, 4.69) is 15.7 Å². The van der Waals surface area contributed by atoms with E-state index in [0.29, 0.717) is 12.0 Å². The van der Waals surface area contributed by atoms with Gasteiger partial charge in [0.25, 0.3) is 0 Å². The number of nitrogens with zero attached hydrogens (tertiary/aromatic N) is 3. The van der Waals surface area contributed by atoms with Gasteiger partial charge < -0.3 is 0 Å². The summed E-state index contributed by atoms with van der Waals surface area (Å²) in [6, 6.07) is 0.330. The number of nitrogens with one attached hydrogen (secondary N) is 1. The summed E-state index contributed by atoms with van der Waals surface area (Å²) in [5, 5.41) is 8.01. The van der Waals surface area contributed by atoms with Crippen molar-refractivity contribution in [3.63, 3.8) is 0 Å². The molecule has 1 saturated heterocycles. The van der Waals surface area contributed by atoms with Gasteiger partial charge in [0.15, 0.2) is 0 Å². The van der Waals surface area contributed by atoms with Crippen LogP contribution in [-0.4, -0.2) is 32.5 Å². The molecule has 2 heterocycles. The maximum atomic E-state index is 5.59. The molecule has 1 aliphatic rings. The van der Waals surface area contributed by atoms with E-state index in [-0.39, 0.29) is 0 Å². The topological polar surface area (TPSA) is 68.8 Å². The Morgan fingerprint density at radius 3 is 3.20 bits per heavy atom. The van der Waals surface area contributed by atoms with Crippen LogP contribution >= 0.6 is 11.8 Å². The molecule has 6 heteroatoms. The summed E-state index contributed by atoms with van der Waals surface area (Å²) in [5.74, 6) is 8.72. The average molecular weight is 227 g/mol. The molecule has 1 fully saturated rings. The van der Waals surface area contributed by atoms with Crippen LogP contribution in [0, 0.1) is 5.92 Å². The van der Waals surface area contributed by atoms with Gasteiger partial charge in [0.05, 0.1) is 5.69 Å². The molecule has 2 atom stereocenters. The van der Waals surface area contributed by atoms with Crippen molar-refractivity contribution in [1.82, 2.24) is 20.4 Å². The molecule has 5 nitrogen and oxygen atoms in total. The summed E-state index contributed by atoms with van der Waals surface area (Å²) in [6.07, 6.45) is 4.07. The van der Waals surface area contributed by atoms with Crippen molar-refractivity contribution in [2.75, 3.05) is 11.5 Å². The lowest BCUT2D eigenvalue weighted by molar-refractivity contribution is 0.383. The molecular formula is C9H17N5S. The van der Waals surface area contributed by atoms with Gasteiger partial charge in [-0.1, -0.05) is 5.21 Å². The van der Waals surface area contributed by atoms with Crippen LogP contribution in [0.2, 0.25) is 0 Å². The van der Waals surface area contributed by atoms with Crippen LogP contribution in [0.1, 0.15) is 12.1 Å². The van der Waals surface area contributed by atoms with Gasteiger partial charge in [0.1, 0.15) is 0 Å². The van der Waals surface area contributed by atoms with Crippen molar-refractivity contribution in [1.29, 1.82) is 0 Å². The zero-order valence-electron chi connectivity index (χ0n) is 8.89. The number of hydrogen-bond acceptors (Lipinski definition) is 5. The summed E-state index contributed by atoms with van der Waals surface area (Å²) in [6.45, 7) is 0. The molecule has 0 amide bonds. The fourth-order valence-corrected chi connectivity index (χ4v) is 3.28. The minimum Gasteiger partial charge on any atom is -0.271 e. The SMILES string of the molecule is Cn1cc(CC(NN)C2CCSC2)nn1. The molecule has 0 spiro atoms. The lowest BCUT2D eigenvalue weighted by Crippen LogP contribution is -2.42. The van der Waals surface area contributed by atoms with E-state index in [4.69, 9.17) is 5.84 Å². The minimum atomic E-state index is 0.330. The Labute approximate surface area is 93.8 Å². The smallest absolute Gasteiger partial charge is 0.0843 e. The van der Waals surface area contributed by atoms with Crippen molar-refractivity contribution < 1.29 is 0 Å². The van der Waals surface area contributed by atoms with E-state index in [0.717, 1.165) is 12.1 Å². The van der Waals surface area contributed by atoms with Crippen molar-refractivity contribution in [2.24, 2.45) is 18.8 Å². The van der Waals surface area contributed by atoms with E-state index in [9.17, 15) is 0 Å². The highest BCUT2D eigenvalue weighted by molar-refractivity contribution is 7.99. The number of nitrogens with two attached hydrogens (primary N) is 1. The average Bonchev–Trinajstić information content (AvgIpc) is 2.85. The van der Waals surface area contributed by atoms with Gasteiger partial charge in [0, 0.05) is 25.7 Å². The van der Waals surface area contributed by atoms with Crippen LogP contribution in [0.3, 0.4) is 0 Å². The largest absolute Gasteiger partial charge is 0.271 e. The van der Waals surface area contributed by atoms with Crippen molar-refractivity contribution in [3.05, 3.63) is 11.9 Å². The molecule has 84 valence electrons. The summed E-state index contributed by atoms with van der Waals surface area (Å²) in [4.78, 5) is 0. The second-order valence-electron chi connectivity index (χ2n) is 3.98. The van der Waals surface area contributed by atoms with Gasteiger partial charge in [-0.15, -0.1) is 5.10 Å². The Bertz CT molecular complexity index is 307. The van der Waals surface area contributed by atoms with Crippen molar-refractivity contribution >= 4 is 11.8 Å². The first-order valence-corrected chi connectivity index (χ1v) is 6.34. The molecule has 1 aliphatic heterocycles. The lowest BCUT2D eigenvalue weighted by atomic mass is 9.96. The molecule has 0 bridgehead atoms. The van der Waals surface area contributed by atoms with Gasteiger partial charge in [-0.2, -0.15) is 11.8 Å². The van der Waals surface area contributed by atoms with E-state index in [1.54, 1.807) is 4.68 Å². The normalized spacial score (nSPS) is 23.2. The lowest BCUT2D eigenvalue weighted by Gasteiger charge is -2.20. The van der Waals surface area contributed by atoms with Crippen LogP contribution in [-0.2, 0) is 13.5 Å². The zero-order chi connectivity index (χ0) is 10.7. The molecule has 0 aromatic carbocycles. The standard InChI is InChI=1S/C9H17N5S/c1-14-5-8(12-13-14)4-9(11-10)7-2-3-15-6-7/h5,7,9,11H,2-4,6,10H2,1H3. The summed E-state index contributed by atoms with van der Waals surface area (Å²) >= 11 is 2.00. The maximum absolute atomic E-state index is 5.59.